The third-order valence-electron chi connectivity index (χ3n) is 3.61. The quantitative estimate of drug-likeness (QED) is 0.350. The standard InChI is InChI=1S/C17H17FN2O6/c1-4-25-17(22)16-10(3)19-9(2)15(16)13(21)8-26-14-7-11(18)5-6-12(14)20(23)24/h5-7,19H,4,8H2,1-3H3. The number of Topliss-reactive ketones (excluding diaryl/α,β-unsaturated/α-hetero) is 1. The molecule has 0 radical (unpaired) electrons. The number of carbonyl (C=O) groups excluding carboxylic acids is 2. The molecule has 0 aliphatic heterocycles. The third kappa shape index (κ3) is 3.88. The van der Waals surface area contributed by atoms with Crippen molar-refractivity contribution in [3.63, 3.8) is 0 Å². The number of ether oxygens (including phenoxy) is 2. The number of rotatable bonds is 7. The van der Waals surface area contributed by atoms with Crippen molar-refractivity contribution in [1.82, 2.24) is 4.98 Å². The number of esters is 1. The van der Waals surface area contributed by atoms with E-state index in [2.05, 4.69) is 4.98 Å². The second kappa shape index (κ2) is 7.77. The van der Waals surface area contributed by atoms with Crippen LogP contribution in [0.1, 0.15) is 39.0 Å². The molecule has 9 heteroatoms. The zero-order chi connectivity index (χ0) is 19.4. The van der Waals surface area contributed by atoms with E-state index >= 15 is 0 Å². The number of ketones is 1. The predicted octanol–water partition coefficient (Wildman–Crippen LogP) is 3.12. The van der Waals surface area contributed by atoms with Gasteiger partial charge in [0.2, 0.25) is 5.78 Å². The fourth-order valence-electron chi connectivity index (χ4n) is 2.56. The van der Waals surface area contributed by atoms with Gasteiger partial charge in [-0.2, -0.15) is 0 Å². The summed E-state index contributed by atoms with van der Waals surface area (Å²) >= 11 is 0. The lowest BCUT2D eigenvalue weighted by Gasteiger charge is -2.08. The van der Waals surface area contributed by atoms with Crippen LogP contribution >= 0.6 is 0 Å². The molecule has 8 nitrogen and oxygen atoms in total. The highest BCUT2D eigenvalue weighted by atomic mass is 19.1. The number of halogens is 1. The van der Waals surface area contributed by atoms with Crippen LogP contribution in [0.3, 0.4) is 0 Å². The maximum Gasteiger partial charge on any atom is 0.340 e. The number of nitrogens with zero attached hydrogens (tertiary/aromatic N) is 1. The van der Waals surface area contributed by atoms with Crippen molar-refractivity contribution in [2.75, 3.05) is 13.2 Å². The van der Waals surface area contributed by atoms with E-state index in [-0.39, 0.29) is 23.5 Å². The van der Waals surface area contributed by atoms with E-state index in [1.165, 1.54) is 0 Å². The lowest BCUT2D eigenvalue weighted by molar-refractivity contribution is -0.385. The van der Waals surface area contributed by atoms with Gasteiger partial charge in [0.25, 0.3) is 0 Å². The Balaban J connectivity index is 2.28. The first kappa shape index (κ1) is 19.1. The highest BCUT2D eigenvalue weighted by molar-refractivity contribution is 6.08. The van der Waals surface area contributed by atoms with E-state index in [0.29, 0.717) is 11.4 Å². The number of benzene rings is 1. The second-order valence-corrected chi connectivity index (χ2v) is 5.43. The summed E-state index contributed by atoms with van der Waals surface area (Å²) in [6.45, 7) is 4.40. The lowest BCUT2D eigenvalue weighted by Crippen LogP contribution is -2.17. The van der Waals surface area contributed by atoms with Crippen molar-refractivity contribution >= 4 is 17.4 Å². The summed E-state index contributed by atoms with van der Waals surface area (Å²) in [6, 6.07) is 2.70. The summed E-state index contributed by atoms with van der Waals surface area (Å²) in [5.74, 6) is -2.35. The van der Waals surface area contributed by atoms with Crippen LogP contribution in [0.5, 0.6) is 5.75 Å². The zero-order valence-electron chi connectivity index (χ0n) is 14.4. The van der Waals surface area contributed by atoms with Gasteiger partial charge in [-0.1, -0.05) is 0 Å². The maximum atomic E-state index is 13.3. The van der Waals surface area contributed by atoms with Crippen LogP contribution in [-0.2, 0) is 4.74 Å². The summed E-state index contributed by atoms with van der Waals surface area (Å²) in [5, 5.41) is 11.0. The largest absolute Gasteiger partial charge is 0.478 e. The molecule has 138 valence electrons. The summed E-state index contributed by atoms with van der Waals surface area (Å²) in [7, 11) is 0. The third-order valence-corrected chi connectivity index (χ3v) is 3.61. The molecule has 0 aliphatic rings. The maximum absolute atomic E-state index is 13.3. The molecule has 0 saturated carbocycles. The zero-order valence-corrected chi connectivity index (χ0v) is 14.4. The molecule has 2 rings (SSSR count). The number of hydrogen-bond donors (Lipinski definition) is 1. The van der Waals surface area contributed by atoms with Gasteiger partial charge in [-0.25, -0.2) is 9.18 Å². The Kier molecular flexibility index (Phi) is 5.71. The Morgan fingerprint density at radius 3 is 2.50 bits per heavy atom. The highest BCUT2D eigenvalue weighted by Gasteiger charge is 2.26. The number of nitro groups is 1. The number of nitro benzene ring substituents is 1. The Hall–Kier alpha value is -3.23. The van der Waals surface area contributed by atoms with Crippen molar-refractivity contribution < 1.29 is 28.4 Å². The van der Waals surface area contributed by atoms with Crippen LogP contribution in [0, 0.1) is 29.8 Å². The highest BCUT2D eigenvalue weighted by Crippen LogP contribution is 2.28. The van der Waals surface area contributed by atoms with Crippen LogP contribution in [0.15, 0.2) is 18.2 Å². The fraction of sp³-hybridized carbons (Fsp3) is 0.294. The van der Waals surface area contributed by atoms with E-state index in [1.807, 2.05) is 0 Å². The van der Waals surface area contributed by atoms with Gasteiger partial charge < -0.3 is 14.5 Å². The minimum Gasteiger partial charge on any atom is -0.478 e. The van der Waals surface area contributed by atoms with Crippen LogP contribution in [0.25, 0.3) is 0 Å². The SMILES string of the molecule is CCOC(=O)c1c(C)[nH]c(C)c1C(=O)COc1cc(F)ccc1[N+](=O)[O-]. The molecule has 26 heavy (non-hydrogen) atoms. The Labute approximate surface area is 148 Å². The van der Waals surface area contributed by atoms with Gasteiger partial charge in [0.1, 0.15) is 5.82 Å². The topological polar surface area (TPSA) is 112 Å². The van der Waals surface area contributed by atoms with Gasteiger partial charge >= 0.3 is 11.7 Å². The van der Waals surface area contributed by atoms with E-state index in [1.54, 1.807) is 20.8 Å². The number of aromatic nitrogens is 1. The van der Waals surface area contributed by atoms with Gasteiger partial charge in [-0.05, 0) is 26.8 Å². The van der Waals surface area contributed by atoms with Crippen LogP contribution in [-0.4, -0.2) is 34.9 Å². The van der Waals surface area contributed by atoms with Crippen LogP contribution in [0.4, 0.5) is 10.1 Å². The molecule has 1 aromatic heterocycles. The first-order valence-corrected chi connectivity index (χ1v) is 7.72. The molecule has 1 heterocycles. The molecule has 0 bridgehead atoms. The van der Waals surface area contributed by atoms with E-state index in [0.717, 1.165) is 18.2 Å². The molecule has 0 spiro atoms. The first-order valence-electron chi connectivity index (χ1n) is 7.72. The van der Waals surface area contributed by atoms with E-state index in [4.69, 9.17) is 9.47 Å². The predicted molar refractivity (Wildman–Crippen MR) is 89.1 cm³/mol. The Morgan fingerprint density at radius 2 is 1.88 bits per heavy atom. The van der Waals surface area contributed by atoms with Gasteiger partial charge in [-0.3, -0.25) is 14.9 Å². The van der Waals surface area contributed by atoms with Gasteiger partial charge in [0, 0.05) is 23.5 Å². The number of aromatic amines is 1. The average molecular weight is 364 g/mol. The Bertz CT molecular complexity index is 874. The Morgan fingerprint density at radius 1 is 1.23 bits per heavy atom. The van der Waals surface area contributed by atoms with Crippen molar-refractivity contribution in [1.29, 1.82) is 0 Å². The van der Waals surface area contributed by atoms with Gasteiger partial charge in [0.15, 0.2) is 12.4 Å². The van der Waals surface area contributed by atoms with E-state index < -0.39 is 34.8 Å². The molecule has 1 aromatic carbocycles. The monoisotopic (exact) mass is 364 g/mol. The number of H-pyrrole nitrogens is 1. The lowest BCUT2D eigenvalue weighted by atomic mass is 10.1. The number of carbonyl (C=O) groups is 2. The normalized spacial score (nSPS) is 10.5. The number of nitrogens with one attached hydrogen (secondary N) is 1. The number of aryl methyl sites for hydroxylation is 2. The second-order valence-electron chi connectivity index (χ2n) is 5.43. The minimum absolute atomic E-state index is 0.0833. The van der Waals surface area contributed by atoms with Crippen molar-refractivity contribution in [3.8, 4) is 5.75 Å². The molecular weight excluding hydrogens is 347 g/mol. The van der Waals surface area contributed by atoms with E-state index in [9.17, 15) is 24.1 Å². The molecule has 0 amide bonds. The van der Waals surface area contributed by atoms with Crippen LogP contribution < -0.4 is 4.74 Å². The van der Waals surface area contributed by atoms with Crippen molar-refractivity contribution in [3.05, 3.63) is 56.6 Å². The summed E-state index contributed by atoms with van der Waals surface area (Å²) in [6.07, 6.45) is 0. The van der Waals surface area contributed by atoms with Gasteiger partial charge in [0.05, 0.1) is 22.7 Å². The fourth-order valence-corrected chi connectivity index (χ4v) is 2.56. The molecule has 0 unspecified atom stereocenters. The van der Waals surface area contributed by atoms with Gasteiger partial charge in [-0.15, -0.1) is 0 Å². The molecule has 0 fully saturated rings. The molecule has 0 aliphatic carbocycles. The minimum atomic E-state index is -0.741. The molecule has 2 aromatic rings. The summed E-state index contributed by atoms with van der Waals surface area (Å²) in [5.41, 5.74) is 0.604. The summed E-state index contributed by atoms with van der Waals surface area (Å²) in [4.78, 5) is 37.7. The smallest absolute Gasteiger partial charge is 0.340 e. The van der Waals surface area contributed by atoms with Crippen molar-refractivity contribution in [2.24, 2.45) is 0 Å². The molecule has 0 atom stereocenters. The molecule has 1 N–H and O–H groups in total. The first-order chi connectivity index (χ1) is 12.3. The molecular formula is C17H17FN2O6. The average Bonchev–Trinajstić information content (AvgIpc) is 2.86. The number of hydrogen-bond acceptors (Lipinski definition) is 6. The van der Waals surface area contributed by atoms with Crippen LogP contribution in [0.2, 0.25) is 0 Å². The molecule has 0 saturated heterocycles. The summed E-state index contributed by atoms with van der Waals surface area (Å²) < 4.78 is 23.4. The van der Waals surface area contributed by atoms with Crippen molar-refractivity contribution in [2.45, 2.75) is 20.8 Å².